The van der Waals surface area contributed by atoms with Crippen molar-refractivity contribution < 1.29 is 27.5 Å². The number of ether oxygens (including phenoxy) is 2. The Balaban J connectivity index is 1.54. The van der Waals surface area contributed by atoms with Crippen molar-refractivity contribution in [3.8, 4) is 11.6 Å². The third-order valence-electron chi connectivity index (χ3n) is 8.76. The Morgan fingerprint density at radius 3 is 2.47 bits per heavy atom. The van der Waals surface area contributed by atoms with Crippen LogP contribution in [0.15, 0.2) is 48.5 Å². The summed E-state index contributed by atoms with van der Waals surface area (Å²) in [5.41, 5.74) is 2.04. The molecule has 0 bridgehead atoms. The summed E-state index contributed by atoms with van der Waals surface area (Å²) in [5, 5.41) is 10.9. The standard InChI is InChI=1S/C33H47F2N5O4Si/c1-22(44-45(7,8)33(3,4)5)21-43-31-23(2)30(40(38-31)25-12-10-9-11-13-25)37-32(41)36-29-20-39(16-17-42-6)19-26(29)24-14-15-27(34)28(35)18-24/h9-15,18,22,26,29H,16-17,19-21H2,1-8H3,(H2,36,37,41)/t22-,26-,29+/m0/s1. The van der Waals surface area contributed by atoms with Crippen LogP contribution in [0, 0.1) is 18.6 Å². The van der Waals surface area contributed by atoms with Gasteiger partial charge in [0.1, 0.15) is 12.4 Å². The molecule has 2 N–H and O–H groups in total. The molecule has 1 aliphatic heterocycles. The lowest BCUT2D eigenvalue weighted by molar-refractivity contribution is 0.126. The molecule has 0 aliphatic carbocycles. The predicted molar refractivity (Wildman–Crippen MR) is 175 cm³/mol. The monoisotopic (exact) mass is 643 g/mol. The molecule has 0 saturated carbocycles. The minimum atomic E-state index is -1.99. The molecule has 1 aliphatic rings. The Morgan fingerprint density at radius 2 is 1.82 bits per heavy atom. The van der Waals surface area contributed by atoms with Gasteiger partial charge in [-0.25, -0.2) is 18.3 Å². The number of para-hydroxylation sites is 1. The number of nitrogens with one attached hydrogen (secondary N) is 2. The number of urea groups is 1. The minimum absolute atomic E-state index is 0.0700. The zero-order valence-electron chi connectivity index (χ0n) is 27.6. The van der Waals surface area contributed by atoms with Crippen molar-refractivity contribution in [3.63, 3.8) is 0 Å². The van der Waals surface area contributed by atoms with Crippen LogP contribution in [0.3, 0.4) is 0 Å². The summed E-state index contributed by atoms with van der Waals surface area (Å²) in [4.78, 5) is 15.7. The zero-order chi connectivity index (χ0) is 32.9. The van der Waals surface area contributed by atoms with Gasteiger partial charge >= 0.3 is 6.03 Å². The van der Waals surface area contributed by atoms with E-state index in [1.165, 1.54) is 6.07 Å². The highest BCUT2D eigenvalue weighted by molar-refractivity contribution is 6.74. The number of amides is 2. The number of benzene rings is 2. The summed E-state index contributed by atoms with van der Waals surface area (Å²) in [6.07, 6.45) is -0.150. The fraction of sp³-hybridized carbons (Fsp3) is 0.515. The summed E-state index contributed by atoms with van der Waals surface area (Å²) in [7, 11) is -0.358. The maximum absolute atomic E-state index is 14.2. The van der Waals surface area contributed by atoms with Crippen LogP contribution in [0.25, 0.3) is 5.69 Å². The van der Waals surface area contributed by atoms with Crippen molar-refractivity contribution in [1.82, 2.24) is 20.0 Å². The molecule has 3 aromatic rings. The topological polar surface area (TPSA) is 89.9 Å². The molecule has 1 fully saturated rings. The van der Waals surface area contributed by atoms with Crippen LogP contribution < -0.4 is 15.4 Å². The van der Waals surface area contributed by atoms with Crippen LogP contribution in [0.1, 0.15) is 44.7 Å². The van der Waals surface area contributed by atoms with Crippen molar-refractivity contribution in [1.29, 1.82) is 0 Å². The van der Waals surface area contributed by atoms with Crippen LogP contribution in [0.2, 0.25) is 18.1 Å². The van der Waals surface area contributed by atoms with E-state index in [-0.39, 0.29) is 23.1 Å². The van der Waals surface area contributed by atoms with Crippen LogP contribution in [0.5, 0.6) is 5.88 Å². The lowest BCUT2D eigenvalue weighted by atomic mass is 9.94. The Kier molecular flexibility index (Phi) is 11.1. The highest BCUT2D eigenvalue weighted by atomic mass is 28.4. The average molecular weight is 644 g/mol. The van der Waals surface area contributed by atoms with Gasteiger partial charge in [-0.3, -0.25) is 10.2 Å². The van der Waals surface area contributed by atoms with Crippen molar-refractivity contribution in [3.05, 3.63) is 71.3 Å². The van der Waals surface area contributed by atoms with Gasteiger partial charge in [-0.2, -0.15) is 0 Å². The maximum Gasteiger partial charge on any atom is 0.320 e. The number of carbonyl (C=O) groups excluding carboxylic acids is 1. The second kappa shape index (κ2) is 14.4. The Bertz CT molecular complexity index is 1450. The third-order valence-corrected chi connectivity index (χ3v) is 13.4. The quantitative estimate of drug-likeness (QED) is 0.220. The number of likely N-dealkylation sites (tertiary alicyclic amines) is 1. The first-order valence-corrected chi connectivity index (χ1v) is 18.3. The average Bonchev–Trinajstić information content (AvgIpc) is 3.52. The molecule has 2 heterocycles. The van der Waals surface area contributed by atoms with E-state index in [1.807, 2.05) is 44.2 Å². The molecule has 9 nitrogen and oxygen atoms in total. The van der Waals surface area contributed by atoms with Crippen molar-refractivity contribution >= 4 is 20.2 Å². The largest absolute Gasteiger partial charge is 0.474 e. The van der Waals surface area contributed by atoms with Gasteiger partial charge in [-0.05, 0) is 61.8 Å². The number of hydrogen-bond donors (Lipinski definition) is 2. The summed E-state index contributed by atoms with van der Waals surface area (Å²) in [5.74, 6) is -1.20. The molecule has 0 unspecified atom stereocenters. The van der Waals surface area contributed by atoms with Gasteiger partial charge in [0, 0.05) is 32.7 Å². The number of nitrogens with zero attached hydrogens (tertiary/aromatic N) is 3. The summed E-state index contributed by atoms with van der Waals surface area (Å²) < 4.78 is 47.4. The fourth-order valence-corrected chi connectivity index (χ4v) is 6.68. The van der Waals surface area contributed by atoms with E-state index in [9.17, 15) is 13.6 Å². The molecule has 2 amide bonds. The van der Waals surface area contributed by atoms with Crippen LogP contribution in [-0.2, 0) is 9.16 Å². The van der Waals surface area contributed by atoms with Gasteiger partial charge < -0.3 is 19.2 Å². The van der Waals surface area contributed by atoms with Gasteiger partial charge in [0.05, 0.1) is 30.0 Å². The molecule has 0 spiro atoms. The minimum Gasteiger partial charge on any atom is -0.474 e. The first-order chi connectivity index (χ1) is 21.2. The van der Waals surface area contributed by atoms with Gasteiger partial charge in [0.25, 0.3) is 0 Å². The summed E-state index contributed by atoms with van der Waals surface area (Å²) in [6, 6.07) is 12.6. The SMILES string of the molecule is COCCN1C[C@@H](NC(=O)Nc2c(C)c(OC[C@H](C)O[Si](C)(C)C(C)(C)C)nn2-c2ccccc2)[C@H](c2ccc(F)c(F)c2)C1. The highest BCUT2D eigenvalue weighted by Gasteiger charge is 2.39. The van der Waals surface area contributed by atoms with E-state index in [0.29, 0.717) is 55.7 Å². The van der Waals surface area contributed by atoms with Gasteiger partial charge in [-0.1, -0.05) is 45.0 Å². The number of rotatable bonds is 12. The number of carbonyl (C=O) groups is 1. The second-order valence-electron chi connectivity index (χ2n) is 13.3. The first-order valence-electron chi connectivity index (χ1n) is 15.4. The van der Waals surface area contributed by atoms with E-state index in [1.54, 1.807) is 17.9 Å². The molecule has 0 radical (unpaired) electrons. The van der Waals surface area contributed by atoms with E-state index in [0.717, 1.165) is 11.8 Å². The maximum atomic E-state index is 14.2. The van der Waals surface area contributed by atoms with Crippen molar-refractivity contribution in [2.24, 2.45) is 0 Å². The Labute approximate surface area is 266 Å². The van der Waals surface area contributed by atoms with Gasteiger partial charge in [0.15, 0.2) is 20.0 Å². The Morgan fingerprint density at radius 1 is 1.11 bits per heavy atom. The molecule has 1 aromatic heterocycles. The second-order valence-corrected chi connectivity index (χ2v) is 18.0. The normalized spacial score (nSPS) is 18.2. The van der Waals surface area contributed by atoms with Gasteiger partial charge in [0.2, 0.25) is 5.88 Å². The number of halogens is 2. The third kappa shape index (κ3) is 8.49. The van der Waals surface area contributed by atoms with Crippen molar-refractivity contribution in [2.75, 3.05) is 45.3 Å². The number of hydrogen-bond acceptors (Lipinski definition) is 6. The van der Waals surface area contributed by atoms with E-state index < -0.39 is 26.0 Å². The molecule has 3 atom stereocenters. The van der Waals surface area contributed by atoms with Crippen LogP contribution in [0.4, 0.5) is 19.4 Å². The molecule has 2 aromatic carbocycles. The van der Waals surface area contributed by atoms with Gasteiger partial charge in [-0.15, -0.1) is 5.10 Å². The van der Waals surface area contributed by atoms with E-state index >= 15 is 0 Å². The fourth-order valence-electron chi connectivity index (χ4n) is 5.25. The lowest BCUT2D eigenvalue weighted by Crippen LogP contribution is -2.44. The summed E-state index contributed by atoms with van der Waals surface area (Å²) in [6.45, 7) is 17.4. The molecular weight excluding hydrogens is 596 g/mol. The number of aromatic nitrogens is 2. The molecular formula is C33H47F2N5O4Si. The van der Waals surface area contributed by atoms with Crippen LogP contribution >= 0.6 is 0 Å². The molecule has 4 rings (SSSR count). The first kappa shape index (κ1) is 34.5. The summed E-state index contributed by atoms with van der Waals surface area (Å²) >= 11 is 0. The van der Waals surface area contributed by atoms with Crippen molar-refractivity contribution in [2.45, 2.75) is 70.8 Å². The van der Waals surface area contributed by atoms with E-state index in [4.69, 9.17) is 19.0 Å². The predicted octanol–water partition coefficient (Wildman–Crippen LogP) is 6.48. The molecule has 12 heteroatoms. The molecule has 1 saturated heterocycles. The number of anilines is 1. The zero-order valence-corrected chi connectivity index (χ0v) is 28.6. The number of methoxy groups -OCH3 is 1. The van der Waals surface area contributed by atoms with Crippen LogP contribution in [-0.4, -0.2) is 81.1 Å². The Hall–Kier alpha value is -3.32. The lowest BCUT2D eigenvalue weighted by Gasteiger charge is -2.38. The van der Waals surface area contributed by atoms with E-state index in [2.05, 4.69) is 49.4 Å². The molecule has 246 valence electrons. The smallest absolute Gasteiger partial charge is 0.320 e. The molecule has 45 heavy (non-hydrogen) atoms. The highest BCUT2D eigenvalue weighted by Crippen LogP contribution is 2.37.